The maximum absolute atomic E-state index is 15.4. The fourth-order valence-electron chi connectivity index (χ4n) is 12.0. The summed E-state index contributed by atoms with van der Waals surface area (Å²) in [6.45, 7) is 15.0. The largest absolute Gasteiger partial charge is 0.426 e. The van der Waals surface area contributed by atoms with Crippen LogP contribution in [0.1, 0.15) is 125 Å². The molecule has 286 valence electrons. The smallest absolute Gasteiger partial charge is 0.399 e. The minimum atomic E-state index is -6.57. The molecule has 0 bridgehead atoms. The molecule has 5 rings (SSSR count). The monoisotopic (exact) mass is 722 g/mol. The highest BCUT2D eigenvalue weighted by atomic mass is 19.4. The van der Waals surface area contributed by atoms with E-state index < -0.39 is 52.3 Å². The zero-order valence-corrected chi connectivity index (χ0v) is 30.7. The molecule has 4 aliphatic rings. The first-order valence-electron chi connectivity index (χ1n) is 18.7. The van der Waals surface area contributed by atoms with Gasteiger partial charge in [0.25, 0.3) is 0 Å². The van der Waals surface area contributed by atoms with Crippen LogP contribution in [0.2, 0.25) is 0 Å². The highest BCUT2D eigenvalue weighted by molar-refractivity contribution is 5.55. The van der Waals surface area contributed by atoms with Crippen molar-refractivity contribution in [1.29, 1.82) is 0 Å². The van der Waals surface area contributed by atoms with Crippen LogP contribution in [0.25, 0.3) is 0 Å². The summed E-state index contributed by atoms with van der Waals surface area (Å²) >= 11 is 0. The SMILES string of the molecule is CC(C)CCC[C@@H](C)[C@H]1CC[C@H]2[C@@H]3CCC4C(C)(C)C(OC(F)(F)C(F)(F)C(F)(F)C(F)(F)c5cc(N)cc(N)c5)CC[C@]4(C)[C@H]3CC[C@]12C. The van der Waals surface area contributed by atoms with Gasteiger partial charge >= 0.3 is 23.9 Å². The standard InChI is InChI=1S/C39H58F8N2O/c1-22(2)9-8-10-23(3)28-12-13-29-27-11-14-31-33(4,5)32(16-18-35(31,7)30(27)15-17-34(28,29)6)50-39(46,47)38(44,45)37(42,43)36(40,41)24-19-25(48)21-26(49)20-24/h19-23,27-32H,8-18,48-49H2,1-7H3/t23-,27+,28-,29+,30+,31?,32?,34-,35-/m1/s1. The van der Waals surface area contributed by atoms with E-state index in [1.54, 1.807) is 13.8 Å². The zero-order valence-electron chi connectivity index (χ0n) is 30.7. The molecule has 0 aromatic heterocycles. The van der Waals surface area contributed by atoms with E-state index in [1.165, 1.54) is 32.1 Å². The van der Waals surface area contributed by atoms with Gasteiger partial charge in [-0.3, -0.25) is 0 Å². The van der Waals surface area contributed by atoms with Gasteiger partial charge in [-0.1, -0.05) is 67.7 Å². The van der Waals surface area contributed by atoms with Crippen molar-refractivity contribution in [2.24, 2.45) is 57.7 Å². The molecule has 9 atom stereocenters. The Morgan fingerprint density at radius 3 is 1.90 bits per heavy atom. The van der Waals surface area contributed by atoms with Crippen molar-refractivity contribution in [2.45, 2.75) is 149 Å². The maximum atomic E-state index is 15.4. The molecule has 3 nitrogen and oxygen atoms in total. The lowest BCUT2D eigenvalue weighted by Gasteiger charge is -2.65. The third-order valence-corrected chi connectivity index (χ3v) is 14.5. The number of fused-ring (bicyclic) bond motifs is 5. The molecule has 1 aromatic rings. The summed E-state index contributed by atoms with van der Waals surface area (Å²) in [5.74, 6) is -15.7. The van der Waals surface area contributed by atoms with E-state index >= 15 is 35.1 Å². The number of alkyl halides is 8. The number of nitrogen functional groups attached to an aromatic ring is 2. The highest BCUT2D eigenvalue weighted by Gasteiger charge is 2.82. The average molecular weight is 723 g/mol. The van der Waals surface area contributed by atoms with Crippen molar-refractivity contribution in [2.75, 3.05) is 11.5 Å². The molecule has 4 saturated carbocycles. The first kappa shape index (κ1) is 39.4. The lowest BCUT2D eigenvalue weighted by atomic mass is 9.41. The molecular formula is C39H58F8N2O. The lowest BCUT2D eigenvalue weighted by molar-refractivity contribution is -0.444. The molecule has 1 aromatic carbocycles. The summed E-state index contributed by atoms with van der Waals surface area (Å²) in [7, 11) is 0. The van der Waals surface area contributed by atoms with Gasteiger partial charge < -0.3 is 16.2 Å². The molecule has 11 heteroatoms. The van der Waals surface area contributed by atoms with Gasteiger partial charge in [-0.05, 0) is 127 Å². The summed E-state index contributed by atoms with van der Waals surface area (Å²) in [6.07, 6.45) is 2.63. The molecule has 0 aliphatic heterocycles. The lowest BCUT2D eigenvalue weighted by Crippen LogP contribution is -2.65. The molecule has 0 saturated heterocycles. The van der Waals surface area contributed by atoms with Gasteiger partial charge in [-0.25, -0.2) is 0 Å². The second kappa shape index (κ2) is 13.0. The number of rotatable bonds is 11. The molecule has 2 unspecified atom stereocenters. The molecule has 0 radical (unpaired) electrons. The van der Waals surface area contributed by atoms with Crippen molar-refractivity contribution in [3.05, 3.63) is 23.8 Å². The Bertz CT molecular complexity index is 1360. The first-order valence-corrected chi connectivity index (χ1v) is 18.7. The molecule has 0 spiro atoms. The van der Waals surface area contributed by atoms with Crippen LogP contribution in [-0.4, -0.2) is 24.1 Å². The van der Waals surface area contributed by atoms with E-state index in [0.29, 0.717) is 60.5 Å². The van der Waals surface area contributed by atoms with Gasteiger partial charge in [-0.2, -0.15) is 35.1 Å². The Balaban J connectivity index is 1.33. The average Bonchev–Trinajstić information content (AvgIpc) is 3.35. The van der Waals surface area contributed by atoms with E-state index in [1.807, 2.05) is 0 Å². The molecular weight excluding hydrogens is 664 g/mol. The third-order valence-electron chi connectivity index (χ3n) is 14.5. The predicted molar refractivity (Wildman–Crippen MR) is 181 cm³/mol. The van der Waals surface area contributed by atoms with E-state index in [-0.39, 0.29) is 23.2 Å². The van der Waals surface area contributed by atoms with Crippen LogP contribution in [0.4, 0.5) is 46.5 Å². The van der Waals surface area contributed by atoms with Gasteiger partial charge in [0.05, 0.1) is 6.10 Å². The number of hydrogen-bond acceptors (Lipinski definition) is 3. The second-order valence-electron chi connectivity index (χ2n) is 18.1. The topological polar surface area (TPSA) is 61.3 Å². The molecule has 4 fully saturated rings. The van der Waals surface area contributed by atoms with Crippen molar-refractivity contribution in [3.8, 4) is 0 Å². The first-order chi connectivity index (χ1) is 22.8. The van der Waals surface area contributed by atoms with Crippen LogP contribution in [0.3, 0.4) is 0 Å². The van der Waals surface area contributed by atoms with Crippen molar-refractivity contribution < 1.29 is 39.9 Å². The highest BCUT2D eigenvalue weighted by Crippen LogP contribution is 2.71. The summed E-state index contributed by atoms with van der Waals surface area (Å²) in [4.78, 5) is 0. The van der Waals surface area contributed by atoms with Crippen LogP contribution in [0, 0.1) is 57.7 Å². The molecule has 4 N–H and O–H groups in total. The Kier molecular flexibility index (Phi) is 10.2. The number of halogens is 8. The normalized spacial score (nSPS) is 35.4. The number of ether oxygens (including phenoxy) is 1. The van der Waals surface area contributed by atoms with Gasteiger partial charge in [0.1, 0.15) is 0 Å². The minimum absolute atomic E-state index is 0.0694. The Morgan fingerprint density at radius 2 is 1.30 bits per heavy atom. The summed E-state index contributed by atoms with van der Waals surface area (Å²) in [5.41, 5.74) is 6.96. The molecule has 50 heavy (non-hydrogen) atoms. The summed E-state index contributed by atoms with van der Waals surface area (Å²) < 4.78 is 126. The Labute approximate surface area is 293 Å². The minimum Gasteiger partial charge on any atom is -0.399 e. The van der Waals surface area contributed by atoms with E-state index in [2.05, 4.69) is 39.4 Å². The summed E-state index contributed by atoms with van der Waals surface area (Å²) in [5, 5.41) is 0. The fourth-order valence-corrected chi connectivity index (χ4v) is 12.0. The number of nitrogens with two attached hydrogens (primary N) is 2. The summed E-state index contributed by atoms with van der Waals surface area (Å²) in [6, 6.07) is 1.58. The number of hydrogen-bond donors (Lipinski definition) is 2. The quantitative estimate of drug-likeness (QED) is 0.177. The van der Waals surface area contributed by atoms with Gasteiger partial charge in [0.2, 0.25) is 0 Å². The van der Waals surface area contributed by atoms with Gasteiger partial charge in [-0.15, -0.1) is 0 Å². The van der Waals surface area contributed by atoms with Crippen LogP contribution in [0.5, 0.6) is 0 Å². The zero-order chi connectivity index (χ0) is 37.5. The van der Waals surface area contributed by atoms with Crippen molar-refractivity contribution in [1.82, 2.24) is 0 Å². The maximum Gasteiger partial charge on any atom is 0.426 e. The number of anilines is 2. The second-order valence-corrected chi connectivity index (χ2v) is 18.1. The van der Waals surface area contributed by atoms with Crippen molar-refractivity contribution >= 4 is 11.4 Å². The van der Waals surface area contributed by atoms with E-state index in [0.717, 1.165) is 25.3 Å². The molecule has 4 aliphatic carbocycles. The number of benzene rings is 1. The van der Waals surface area contributed by atoms with E-state index in [4.69, 9.17) is 11.5 Å². The fraction of sp³-hybridized carbons (Fsp3) is 0.846. The predicted octanol–water partition coefficient (Wildman–Crippen LogP) is 11.9. The van der Waals surface area contributed by atoms with Crippen molar-refractivity contribution in [3.63, 3.8) is 0 Å². The molecule has 0 heterocycles. The van der Waals surface area contributed by atoms with Crippen LogP contribution < -0.4 is 11.5 Å². The van der Waals surface area contributed by atoms with E-state index in [9.17, 15) is 0 Å². The van der Waals surface area contributed by atoms with Gasteiger partial charge in [0, 0.05) is 16.9 Å². The van der Waals surface area contributed by atoms with Crippen LogP contribution in [-0.2, 0) is 10.7 Å². The van der Waals surface area contributed by atoms with Crippen LogP contribution in [0.15, 0.2) is 18.2 Å². The van der Waals surface area contributed by atoms with Crippen LogP contribution >= 0.6 is 0 Å². The Morgan fingerprint density at radius 1 is 0.720 bits per heavy atom. The Hall–Kier alpha value is -1.78. The van der Waals surface area contributed by atoms with Gasteiger partial charge in [0.15, 0.2) is 0 Å². The molecule has 0 amide bonds. The third kappa shape index (κ3) is 6.13.